The lowest BCUT2D eigenvalue weighted by Crippen LogP contribution is -2.25. The van der Waals surface area contributed by atoms with Gasteiger partial charge < -0.3 is 16.4 Å². The molecular formula is C33H25N3O5S. The quantitative estimate of drug-likeness (QED) is 0.128. The van der Waals surface area contributed by atoms with E-state index in [1.165, 1.54) is 17.7 Å². The van der Waals surface area contributed by atoms with Gasteiger partial charge in [-0.05, 0) is 47.0 Å². The molecule has 5 aromatic rings. The molecule has 9 heteroatoms. The van der Waals surface area contributed by atoms with E-state index in [0.29, 0.717) is 12.2 Å². The van der Waals surface area contributed by atoms with E-state index < -0.39 is 32.3 Å². The second-order valence-electron chi connectivity index (χ2n) is 9.88. The van der Waals surface area contributed by atoms with Crippen LogP contribution in [0.5, 0.6) is 0 Å². The Labute approximate surface area is 242 Å². The summed E-state index contributed by atoms with van der Waals surface area (Å²) in [5.74, 6) is -1.07. The maximum Gasteiger partial charge on any atom is 0.296 e. The molecule has 208 valence electrons. The van der Waals surface area contributed by atoms with Crippen molar-refractivity contribution in [1.29, 1.82) is 0 Å². The number of anilines is 4. The lowest BCUT2D eigenvalue weighted by molar-refractivity contribution is 0.0980. The number of benzene rings is 5. The third kappa shape index (κ3) is 5.03. The maximum atomic E-state index is 13.5. The first-order chi connectivity index (χ1) is 20.2. The molecule has 0 fully saturated rings. The molecule has 1 aliphatic carbocycles. The largest absolute Gasteiger partial charge is 0.397 e. The molecular weight excluding hydrogens is 550 g/mol. The standard InChI is InChI=1S/C33H25N3O5S/c34-31-28(42(39,40)41)18-27(29-30(31)33(38)26-9-5-4-8-25(26)32(29)37)36-24-16-12-22(13-17-24)21-10-14-23(15-11-21)35-19-20-6-2-1-3-7-20/h1-18,35-36H,19,34H2,(H,39,40,41). The number of fused-ring (bicyclic) bond motifs is 2. The smallest absolute Gasteiger partial charge is 0.296 e. The van der Waals surface area contributed by atoms with E-state index in [1.54, 1.807) is 24.3 Å². The van der Waals surface area contributed by atoms with Crippen molar-refractivity contribution in [3.8, 4) is 11.1 Å². The van der Waals surface area contributed by atoms with E-state index in [4.69, 9.17) is 5.73 Å². The summed E-state index contributed by atoms with van der Waals surface area (Å²) in [6.45, 7) is 0.717. The van der Waals surface area contributed by atoms with Crippen LogP contribution >= 0.6 is 0 Å². The van der Waals surface area contributed by atoms with Gasteiger partial charge >= 0.3 is 0 Å². The molecule has 0 spiro atoms. The average molecular weight is 576 g/mol. The molecule has 0 radical (unpaired) electrons. The Balaban J connectivity index is 1.29. The molecule has 8 nitrogen and oxygen atoms in total. The van der Waals surface area contributed by atoms with E-state index in [-0.39, 0.29) is 27.9 Å². The highest BCUT2D eigenvalue weighted by Crippen LogP contribution is 2.40. The van der Waals surface area contributed by atoms with Gasteiger partial charge in [0.05, 0.1) is 22.5 Å². The fourth-order valence-corrected chi connectivity index (χ4v) is 5.73. The van der Waals surface area contributed by atoms with Crippen LogP contribution in [0.4, 0.5) is 22.7 Å². The minimum Gasteiger partial charge on any atom is -0.397 e. The maximum absolute atomic E-state index is 13.5. The van der Waals surface area contributed by atoms with Gasteiger partial charge in [-0.25, -0.2) is 0 Å². The van der Waals surface area contributed by atoms with Gasteiger partial charge in [0.2, 0.25) is 0 Å². The summed E-state index contributed by atoms with van der Waals surface area (Å²) in [7, 11) is -4.80. The Morgan fingerprint density at radius 2 is 1.19 bits per heavy atom. The predicted molar refractivity (Wildman–Crippen MR) is 163 cm³/mol. The van der Waals surface area contributed by atoms with Crippen LogP contribution < -0.4 is 16.4 Å². The Hall–Kier alpha value is -5.25. The molecule has 0 saturated heterocycles. The predicted octanol–water partition coefficient (Wildman–Crippen LogP) is 6.31. The van der Waals surface area contributed by atoms with E-state index in [2.05, 4.69) is 22.8 Å². The number of ketones is 2. The van der Waals surface area contributed by atoms with Gasteiger partial charge in [-0.3, -0.25) is 14.1 Å². The fourth-order valence-electron chi connectivity index (χ4n) is 5.09. The molecule has 6 rings (SSSR count). The van der Waals surface area contributed by atoms with Gasteiger partial charge in [0.1, 0.15) is 4.90 Å². The van der Waals surface area contributed by atoms with Crippen molar-refractivity contribution in [3.05, 3.63) is 137 Å². The first-order valence-corrected chi connectivity index (χ1v) is 14.5. The lowest BCUT2D eigenvalue weighted by Gasteiger charge is -2.23. The van der Waals surface area contributed by atoms with Gasteiger partial charge in [-0.2, -0.15) is 8.42 Å². The summed E-state index contributed by atoms with van der Waals surface area (Å²) in [4.78, 5) is 26.2. The van der Waals surface area contributed by atoms with Crippen LogP contribution in [0.15, 0.2) is 114 Å². The van der Waals surface area contributed by atoms with Crippen molar-refractivity contribution >= 4 is 44.4 Å². The zero-order valence-electron chi connectivity index (χ0n) is 22.2. The third-order valence-corrected chi connectivity index (χ3v) is 8.09. The molecule has 5 N–H and O–H groups in total. The number of hydrogen-bond acceptors (Lipinski definition) is 7. The number of nitrogens with two attached hydrogens (primary N) is 1. The van der Waals surface area contributed by atoms with Crippen molar-refractivity contribution in [2.24, 2.45) is 0 Å². The first kappa shape index (κ1) is 26.9. The van der Waals surface area contributed by atoms with Gasteiger partial charge in [-0.15, -0.1) is 0 Å². The van der Waals surface area contributed by atoms with Crippen LogP contribution in [0.1, 0.15) is 37.4 Å². The van der Waals surface area contributed by atoms with Crippen molar-refractivity contribution in [2.75, 3.05) is 16.4 Å². The summed E-state index contributed by atoms with van der Waals surface area (Å²) in [6, 6.07) is 32.8. The molecule has 1 aliphatic rings. The lowest BCUT2D eigenvalue weighted by atomic mass is 9.82. The number of nitrogen functional groups attached to an aromatic ring is 1. The molecule has 0 aromatic heterocycles. The Bertz CT molecular complexity index is 1950. The van der Waals surface area contributed by atoms with Gasteiger partial charge in [0, 0.05) is 29.0 Å². The highest BCUT2D eigenvalue weighted by molar-refractivity contribution is 7.86. The second kappa shape index (κ2) is 10.6. The summed E-state index contributed by atoms with van der Waals surface area (Å²) in [5.41, 5.74) is 10.3. The van der Waals surface area contributed by atoms with E-state index in [0.717, 1.165) is 22.9 Å². The molecule has 0 amide bonds. The van der Waals surface area contributed by atoms with E-state index in [1.807, 2.05) is 54.6 Å². The highest BCUT2D eigenvalue weighted by Gasteiger charge is 2.36. The van der Waals surface area contributed by atoms with Crippen LogP contribution in [-0.4, -0.2) is 24.5 Å². The molecule has 5 aromatic carbocycles. The van der Waals surface area contributed by atoms with E-state index in [9.17, 15) is 22.6 Å². The molecule has 42 heavy (non-hydrogen) atoms. The van der Waals surface area contributed by atoms with Gasteiger partial charge in [0.15, 0.2) is 11.6 Å². The SMILES string of the molecule is Nc1c(S(=O)(=O)O)cc(Nc2ccc(-c3ccc(NCc4ccccc4)cc3)cc2)c2c1C(=O)c1ccccc1C2=O. The summed E-state index contributed by atoms with van der Waals surface area (Å²) < 4.78 is 34.2. The van der Waals surface area contributed by atoms with E-state index >= 15 is 0 Å². The van der Waals surface area contributed by atoms with Gasteiger partial charge in [0.25, 0.3) is 10.1 Å². The van der Waals surface area contributed by atoms with Crippen LogP contribution in [0, 0.1) is 0 Å². The van der Waals surface area contributed by atoms with Crippen molar-refractivity contribution < 1.29 is 22.6 Å². The van der Waals surface area contributed by atoms with Crippen LogP contribution in [0.25, 0.3) is 11.1 Å². The molecule has 0 saturated carbocycles. The Morgan fingerprint density at radius 1 is 0.667 bits per heavy atom. The van der Waals surface area contributed by atoms with Crippen molar-refractivity contribution in [3.63, 3.8) is 0 Å². The number of hydrogen-bond donors (Lipinski definition) is 4. The zero-order chi connectivity index (χ0) is 29.4. The highest BCUT2D eigenvalue weighted by atomic mass is 32.2. The molecule has 0 heterocycles. The summed E-state index contributed by atoms with van der Waals surface area (Å²) in [6.07, 6.45) is 0. The molecule has 0 atom stereocenters. The summed E-state index contributed by atoms with van der Waals surface area (Å²) >= 11 is 0. The van der Waals surface area contributed by atoms with Crippen molar-refractivity contribution in [2.45, 2.75) is 11.4 Å². The van der Waals surface area contributed by atoms with Crippen LogP contribution in [-0.2, 0) is 16.7 Å². The normalized spacial score (nSPS) is 12.4. The zero-order valence-corrected chi connectivity index (χ0v) is 23.0. The summed E-state index contributed by atoms with van der Waals surface area (Å²) in [5, 5.41) is 6.46. The molecule has 0 bridgehead atoms. The number of carbonyl (C=O) groups excluding carboxylic acids is 2. The minimum absolute atomic E-state index is 0.0428. The monoisotopic (exact) mass is 575 g/mol. The fraction of sp³-hybridized carbons (Fsp3) is 0.0303. The Morgan fingerprint density at radius 3 is 1.76 bits per heavy atom. The average Bonchev–Trinajstić information content (AvgIpc) is 3.00. The number of rotatable bonds is 7. The molecule has 0 aliphatic heterocycles. The third-order valence-electron chi connectivity index (χ3n) is 7.20. The topological polar surface area (TPSA) is 139 Å². The van der Waals surface area contributed by atoms with Crippen LogP contribution in [0.2, 0.25) is 0 Å². The van der Waals surface area contributed by atoms with Crippen molar-refractivity contribution in [1.82, 2.24) is 0 Å². The Kier molecular flexibility index (Phi) is 6.82. The first-order valence-electron chi connectivity index (χ1n) is 13.1. The molecule has 0 unspecified atom stereocenters. The number of carbonyl (C=O) groups is 2. The van der Waals surface area contributed by atoms with Crippen LogP contribution in [0.3, 0.4) is 0 Å². The van der Waals surface area contributed by atoms with Gasteiger partial charge in [-0.1, -0.05) is 78.9 Å². The second-order valence-corrected chi connectivity index (χ2v) is 11.3. The number of nitrogens with one attached hydrogen (secondary N) is 2. The minimum atomic E-state index is -4.80.